The highest BCUT2D eigenvalue weighted by molar-refractivity contribution is 7.89. The molecule has 0 aliphatic carbocycles. The molecule has 0 saturated carbocycles. The van der Waals surface area contributed by atoms with E-state index in [0.29, 0.717) is 11.2 Å². The van der Waals surface area contributed by atoms with Crippen LogP contribution in [0.2, 0.25) is 0 Å². The summed E-state index contributed by atoms with van der Waals surface area (Å²) < 4.78 is 32.7. The predicted molar refractivity (Wildman–Crippen MR) is 139 cm³/mol. The first-order valence-electron chi connectivity index (χ1n) is 11.7. The number of piperazine rings is 1. The number of hydrogen-bond acceptors (Lipinski definition) is 7. The maximum atomic E-state index is 13.1. The third kappa shape index (κ3) is 5.50. The molecule has 10 heteroatoms. The summed E-state index contributed by atoms with van der Waals surface area (Å²) >= 11 is 0. The Morgan fingerprint density at radius 2 is 1.59 bits per heavy atom. The molecule has 4 aromatic rings. The summed E-state index contributed by atoms with van der Waals surface area (Å²) in [5.74, 6) is -1.06. The van der Waals surface area contributed by atoms with E-state index in [2.05, 4.69) is 9.97 Å². The van der Waals surface area contributed by atoms with Gasteiger partial charge in [0.05, 0.1) is 27.8 Å². The van der Waals surface area contributed by atoms with Crippen LogP contribution < -0.4 is 0 Å². The molecule has 1 amide bonds. The number of carbonyl (C=O) groups is 2. The fourth-order valence-corrected chi connectivity index (χ4v) is 5.59. The molecule has 2 heterocycles. The summed E-state index contributed by atoms with van der Waals surface area (Å²) in [6, 6.07) is 20.0. The third-order valence-electron chi connectivity index (χ3n) is 6.15. The van der Waals surface area contributed by atoms with E-state index in [1.807, 2.05) is 48.5 Å². The van der Waals surface area contributed by atoms with Gasteiger partial charge < -0.3 is 9.64 Å². The van der Waals surface area contributed by atoms with Crippen molar-refractivity contribution in [2.45, 2.75) is 4.90 Å². The zero-order valence-electron chi connectivity index (χ0n) is 19.9. The van der Waals surface area contributed by atoms with Gasteiger partial charge in [0.15, 0.2) is 6.61 Å². The molecule has 1 aliphatic rings. The van der Waals surface area contributed by atoms with Crippen LogP contribution in [0.25, 0.3) is 27.9 Å². The molecule has 0 radical (unpaired) electrons. The maximum absolute atomic E-state index is 13.1. The predicted octanol–water partition coefficient (Wildman–Crippen LogP) is 2.87. The number of rotatable bonds is 6. The van der Waals surface area contributed by atoms with Crippen molar-refractivity contribution >= 4 is 49.8 Å². The first-order chi connectivity index (χ1) is 17.9. The number of para-hydroxylation sites is 2. The quantitative estimate of drug-likeness (QED) is 0.286. The molecule has 5 rings (SSSR count). The second kappa shape index (κ2) is 10.5. The SMILES string of the molecule is O=C(C=Cc1cnc2ccccc2n1)OCC(=O)N1CCN(S(=O)(=O)c2ccc3ccccc3c2)CC1. The summed E-state index contributed by atoms with van der Waals surface area (Å²) in [6.07, 6.45) is 4.21. The van der Waals surface area contributed by atoms with Crippen molar-refractivity contribution in [2.75, 3.05) is 32.8 Å². The number of nitrogens with zero attached hydrogens (tertiary/aromatic N) is 4. The van der Waals surface area contributed by atoms with E-state index in [1.165, 1.54) is 21.4 Å². The van der Waals surface area contributed by atoms with Gasteiger partial charge in [-0.1, -0.05) is 42.5 Å². The minimum Gasteiger partial charge on any atom is -0.452 e. The van der Waals surface area contributed by atoms with Crippen molar-refractivity contribution < 1.29 is 22.7 Å². The van der Waals surface area contributed by atoms with Gasteiger partial charge in [0.2, 0.25) is 10.0 Å². The lowest BCUT2D eigenvalue weighted by atomic mass is 10.1. The average molecular weight is 517 g/mol. The van der Waals surface area contributed by atoms with E-state index in [1.54, 1.807) is 24.4 Å². The number of amides is 1. The minimum absolute atomic E-state index is 0.162. The van der Waals surface area contributed by atoms with Crippen molar-refractivity contribution in [1.82, 2.24) is 19.2 Å². The number of benzene rings is 3. The van der Waals surface area contributed by atoms with E-state index < -0.39 is 22.6 Å². The molecule has 37 heavy (non-hydrogen) atoms. The lowest BCUT2D eigenvalue weighted by Crippen LogP contribution is -2.51. The van der Waals surface area contributed by atoms with Gasteiger partial charge in [0.1, 0.15) is 0 Å². The average Bonchev–Trinajstić information content (AvgIpc) is 2.94. The molecule has 0 unspecified atom stereocenters. The number of sulfonamides is 1. The Morgan fingerprint density at radius 3 is 2.38 bits per heavy atom. The fraction of sp³-hybridized carbons (Fsp3) is 0.185. The Bertz CT molecular complexity index is 1610. The van der Waals surface area contributed by atoms with Gasteiger partial charge in [-0.15, -0.1) is 0 Å². The highest BCUT2D eigenvalue weighted by Gasteiger charge is 2.30. The molecular weight excluding hydrogens is 492 g/mol. The molecule has 9 nitrogen and oxygen atoms in total. The molecule has 1 aliphatic heterocycles. The smallest absolute Gasteiger partial charge is 0.331 e. The van der Waals surface area contributed by atoms with Gasteiger partial charge in [-0.25, -0.2) is 18.2 Å². The summed E-state index contributed by atoms with van der Waals surface area (Å²) in [6.45, 7) is 0.326. The maximum Gasteiger partial charge on any atom is 0.331 e. The first-order valence-corrected chi connectivity index (χ1v) is 13.2. The second-order valence-corrected chi connectivity index (χ2v) is 10.5. The van der Waals surface area contributed by atoms with Crippen LogP contribution in [0, 0.1) is 0 Å². The molecule has 1 saturated heterocycles. The number of carbonyl (C=O) groups excluding carboxylic acids is 2. The van der Waals surface area contributed by atoms with Crippen molar-refractivity contribution in [2.24, 2.45) is 0 Å². The zero-order valence-corrected chi connectivity index (χ0v) is 20.7. The van der Waals surface area contributed by atoms with Crippen molar-refractivity contribution in [1.29, 1.82) is 0 Å². The number of fused-ring (bicyclic) bond motifs is 2. The minimum atomic E-state index is -3.69. The number of aromatic nitrogens is 2. The highest BCUT2D eigenvalue weighted by atomic mass is 32.2. The molecule has 1 fully saturated rings. The van der Waals surface area contributed by atoms with Crippen molar-refractivity contribution in [3.63, 3.8) is 0 Å². The lowest BCUT2D eigenvalue weighted by Gasteiger charge is -2.33. The van der Waals surface area contributed by atoms with E-state index in [0.717, 1.165) is 16.3 Å². The number of hydrogen-bond donors (Lipinski definition) is 0. The van der Waals surface area contributed by atoms with Crippen LogP contribution in [0.3, 0.4) is 0 Å². The lowest BCUT2D eigenvalue weighted by molar-refractivity contribution is -0.148. The Hall–Kier alpha value is -4.15. The summed E-state index contributed by atoms with van der Waals surface area (Å²) in [5, 5.41) is 1.81. The normalized spacial score (nSPS) is 14.9. The van der Waals surface area contributed by atoms with E-state index in [9.17, 15) is 18.0 Å². The topological polar surface area (TPSA) is 110 Å². The van der Waals surface area contributed by atoms with Crippen LogP contribution in [-0.2, 0) is 24.3 Å². The van der Waals surface area contributed by atoms with Gasteiger partial charge in [-0.05, 0) is 41.1 Å². The van der Waals surface area contributed by atoms with Crippen molar-refractivity contribution in [3.8, 4) is 0 Å². The highest BCUT2D eigenvalue weighted by Crippen LogP contribution is 2.23. The third-order valence-corrected chi connectivity index (χ3v) is 8.04. The molecule has 0 bridgehead atoms. The van der Waals surface area contributed by atoms with E-state index in [4.69, 9.17) is 4.74 Å². The van der Waals surface area contributed by atoms with Crippen LogP contribution in [0.5, 0.6) is 0 Å². The molecule has 188 valence electrons. The molecule has 0 spiro atoms. The Kier molecular flexibility index (Phi) is 6.93. The van der Waals surface area contributed by atoms with Gasteiger partial charge in [0, 0.05) is 32.3 Å². The largest absolute Gasteiger partial charge is 0.452 e. The van der Waals surface area contributed by atoms with Gasteiger partial charge in [0.25, 0.3) is 5.91 Å². The van der Waals surface area contributed by atoms with Crippen LogP contribution in [0.4, 0.5) is 0 Å². The van der Waals surface area contributed by atoms with Crippen molar-refractivity contribution in [3.05, 3.63) is 84.7 Å². The Balaban J connectivity index is 1.13. The van der Waals surface area contributed by atoms with Crippen LogP contribution >= 0.6 is 0 Å². The van der Waals surface area contributed by atoms with Gasteiger partial charge >= 0.3 is 5.97 Å². The number of esters is 1. The van der Waals surface area contributed by atoms with Crippen LogP contribution in [-0.4, -0.2) is 72.3 Å². The molecular formula is C27H24N4O5S. The summed E-state index contributed by atoms with van der Waals surface area (Å²) in [7, 11) is -3.69. The molecule has 0 N–H and O–H groups in total. The number of ether oxygens (including phenoxy) is 1. The standard InChI is InChI=1S/C27H24N4O5S/c32-26(19-36-27(33)12-10-22-18-28-24-7-3-4-8-25(24)29-22)30-13-15-31(16-14-30)37(34,35)23-11-9-20-5-1-2-6-21(20)17-23/h1-12,17-18H,13-16,19H2. The second-order valence-electron chi connectivity index (χ2n) is 8.52. The monoisotopic (exact) mass is 516 g/mol. The molecule has 3 aromatic carbocycles. The van der Waals surface area contributed by atoms with Crippen LogP contribution in [0.1, 0.15) is 5.69 Å². The summed E-state index contributed by atoms with van der Waals surface area (Å²) in [5.41, 5.74) is 1.94. The molecule has 0 atom stereocenters. The van der Waals surface area contributed by atoms with Gasteiger partial charge in [-0.2, -0.15) is 4.31 Å². The fourth-order valence-electron chi connectivity index (χ4n) is 4.13. The Morgan fingerprint density at radius 1 is 0.892 bits per heavy atom. The van der Waals surface area contributed by atoms with E-state index in [-0.39, 0.29) is 37.0 Å². The zero-order chi connectivity index (χ0) is 25.8. The first kappa shape index (κ1) is 24.5. The van der Waals surface area contributed by atoms with Gasteiger partial charge in [-0.3, -0.25) is 9.78 Å². The Labute approximate surface area is 214 Å². The summed E-state index contributed by atoms with van der Waals surface area (Å²) in [4.78, 5) is 35.0. The van der Waals surface area contributed by atoms with E-state index >= 15 is 0 Å². The molecule has 1 aromatic heterocycles. The van der Waals surface area contributed by atoms with Crippen LogP contribution in [0.15, 0.2) is 83.9 Å².